The van der Waals surface area contributed by atoms with Crippen LogP contribution in [0.3, 0.4) is 0 Å². The van der Waals surface area contributed by atoms with Crippen LogP contribution in [0.15, 0.2) is 42.5 Å². The summed E-state index contributed by atoms with van der Waals surface area (Å²) < 4.78 is 11.0. The van der Waals surface area contributed by atoms with E-state index in [1.807, 2.05) is 0 Å². The average molecular weight is 284 g/mol. The third-order valence-electron chi connectivity index (χ3n) is 3.26. The Hall–Kier alpha value is -2.49. The van der Waals surface area contributed by atoms with Gasteiger partial charge in [-0.1, -0.05) is 31.2 Å². The number of rotatable bonds is 6. The largest absolute Gasteiger partial charge is 0.497 e. The maximum Gasteiger partial charge on any atom is 0.124 e. The lowest BCUT2D eigenvalue weighted by Gasteiger charge is -2.10. The van der Waals surface area contributed by atoms with Crippen molar-refractivity contribution in [2.24, 2.45) is 5.73 Å². The number of nitrogens with one attached hydrogen (secondary N) is 1. The molecule has 0 amide bonds. The van der Waals surface area contributed by atoms with Gasteiger partial charge in [-0.15, -0.1) is 0 Å². The van der Waals surface area contributed by atoms with Gasteiger partial charge in [0.25, 0.3) is 0 Å². The molecular weight excluding hydrogens is 264 g/mol. The van der Waals surface area contributed by atoms with E-state index in [4.69, 9.17) is 20.6 Å². The highest BCUT2D eigenvalue weighted by molar-refractivity contribution is 5.95. The number of nitrogens with two attached hydrogens (primary N) is 1. The number of aryl methyl sites for hydroxylation is 1. The lowest BCUT2D eigenvalue weighted by atomic mass is 10.1. The molecule has 0 saturated carbocycles. The van der Waals surface area contributed by atoms with Crippen molar-refractivity contribution in [1.29, 1.82) is 5.41 Å². The van der Waals surface area contributed by atoms with E-state index in [0.29, 0.717) is 23.7 Å². The predicted molar refractivity (Wildman–Crippen MR) is 84.2 cm³/mol. The molecule has 0 radical (unpaired) electrons. The van der Waals surface area contributed by atoms with Crippen molar-refractivity contribution in [3.63, 3.8) is 0 Å². The van der Waals surface area contributed by atoms with E-state index in [-0.39, 0.29) is 5.84 Å². The standard InChI is InChI=1S/C17H20N2O2/c1-3-12-4-6-13(7-5-12)11-21-16-9-14(17(18)19)8-15(10-16)20-2/h4-10H,3,11H2,1-2H3,(H3,18,19). The summed E-state index contributed by atoms with van der Waals surface area (Å²) >= 11 is 0. The van der Waals surface area contributed by atoms with Crippen molar-refractivity contribution >= 4 is 5.84 Å². The summed E-state index contributed by atoms with van der Waals surface area (Å²) in [6.07, 6.45) is 1.03. The lowest BCUT2D eigenvalue weighted by Crippen LogP contribution is -2.11. The van der Waals surface area contributed by atoms with Crippen LogP contribution in [-0.2, 0) is 13.0 Å². The van der Waals surface area contributed by atoms with Crippen molar-refractivity contribution in [3.05, 3.63) is 59.2 Å². The smallest absolute Gasteiger partial charge is 0.124 e. The first-order chi connectivity index (χ1) is 10.1. The summed E-state index contributed by atoms with van der Waals surface area (Å²) in [4.78, 5) is 0. The zero-order valence-electron chi connectivity index (χ0n) is 12.3. The summed E-state index contributed by atoms with van der Waals surface area (Å²) in [6.45, 7) is 2.60. The van der Waals surface area contributed by atoms with Gasteiger partial charge in [0.15, 0.2) is 0 Å². The fraction of sp³-hybridized carbons (Fsp3) is 0.235. The van der Waals surface area contributed by atoms with Crippen molar-refractivity contribution in [1.82, 2.24) is 0 Å². The minimum Gasteiger partial charge on any atom is -0.497 e. The molecule has 0 spiro atoms. The average Bonchev–Trinajstić information content (AvgIpc) is 2.53. The van der Waals surface area contributed by atoms with Gasteiger partial charge in [-0.25, -0.2) is 0 Å². The molecule has 21 heavy (non-hydrogen) atoms. The van der Waals surface area contributed by atoms with Crippen LogP contribution in [-0.4, -0.2) is 12.9 Å². The molecule has 2 aromatic carbocycles. The van der Waals surface area contributed by atoms with Gasteiger partial charge in [0.05, 0.1) is 7.11 Å². The number of ether oxygens (including phenoxy) is 2. The van der Waals surface area contributed by atoms with Crippen molar-refractivity contribution in [2.75, 3.05) is 7.11 Å². The number of hydrogen-bond acceptors (Lipinski definition) is 3. The van der Waals surface area contributed by atoms with Crippen LogP contribution in [0.5, 0.6) is 11.5 Å². The van der Waals surface area contributed by atoms with Gasteiger partial charge in [-0.05, 0) is 29.7 Å². The van der Waals surface area contributed by atoms with Crippen molar-refractivity contribution in [3.8, 4) is 11.5 Å². The second kappa shape index (κ2) is 6.79. The molecule has 0 fully saturated rings. The van der Waals surface area contributed by atoms with Crippen LogP contribution in [0, 0.1) is 5.41 Å². The van der Waals surface area contributed by atoms with Gasteiger partial charge in [0.1, 0.15) is 23.9 Å². The molecule has 4 nitrogen and oxygen atoms in total. The Morgan fingerprint density at radius 2 is 1.67 bits per heavy atom. The van der Waals surface area contributed by atoms with Gasteiger partial charge in [0, 0.05) is 11.6 Å². The van der Waals surface area contributed by atoms with Crippen molar-refractivity contribution in [2.45, 2.75) is 20.0 Å². The maximum absolute atomic E-state index is 7.51. The molecule has 0 aromatic heterocycles. The Morgan fingerprint density at radius 1 is 1.05 bits per heavy atom. The summed E-state index contributed by atoms with van der Waals surface area (Å²) in [6, 6.07) is 13.6. The van der Waals surface area contributed by atoms with Gasteiger partial charge < -0.3 is 15.2 Å². The summed E-state index contributed by atoms with van der Waals surface area (Å²) in [7, 11) is 1.58. The van der Waals surface area contributed by atoms with E-state index in [9.17, 15) is 0 Å². The first-order valence-corrected chi connectivity index (χ1v) is 6.86. The van der Waals surface area contributed by atoms with Gasteiger partial charge in [-0.3, -0.25) is 5.41 Å². The number of nitrogen functional groups attached to an aromatic ring is 1. The molecule has 0 aliphatic carbocycles. The first-order valence-electron chi connectivity index (χ1n) is 6.86. The number of methoxy groups -OCH3 is 1. The van der Waals surface area contributed by atoms with Crippen LogP contribution < -0.4 is 15.2 Å². The highest BCUT2D eigenvalue weighted by Crippen LogP contribution is 2.23. The zero-order valence-corrected chi connectivity index (χ0v) is 12.3. The van der Waals surface area contributed by atoms with Crippen LogP contribution in [0.1, 0.15) is 23.6 Å². The van der Waals surface area contributed by atoms with Crippen LogP contribution in [0.2, 0.25) is 0 Å². The third kappa shape index (κ3) is 3.99. The molecule has 2 aromatic rings. The molecule has 0 aliphatic rings. The van der Waals surface area contributed by atoms with E-state index in [1.54, 1.807) is 25.3 Å². The van der Waals surface area contributed by atoms with Gasteiger partial charge in [0.2, 0.25) is 0 Å². The molecule has 0 heterocycles. The molecule has 0 saturated heterocycles. The minimum absolute atomic E-state index is 0.00829. The fourth-order valence-electron chi connectivity index (χ4n) is 1.97. The van der Waals surface area contributed by atoms with E-state index < -0.39 is 0 Å². The maximum atomic E-state index is 7.51. The summed E-state index contributed by atoms with van der Waals surface area (Å²) in [5.74, 6) is 1.25. The zero-order chi connectivity index (χ0) is 15.2. The van der Waals surface area contributed by atoms with E-state index in [0.717, 1.165) is 12.0 Å². The number of hydrogen-bond donors (Lipinski definition) is 2. The van der Waals surface area contributed by atoms with E-state index in [2.05, 4.69) is 31.2 Å². The molecule has 0 atom stereocenters. The Kier molecular flexibility index (Phi) is 4.82. The van der Waals surface area contributed by atoms with Crippen LogP contribution in [0.4, 0.5) is 0 Å². The second-order valence-electron chi connectivity index (χ2n) is 4.77. The highest BCUT2D eigenvalue weighted by atomic mass is 16.5. The molecule has 0 aliphatic heterocycles. The summed E-state index contributed by atoms with van der Waals surface area (Å²) in [5.41, 5.74) is 8.51. The second-order valence-corrected chi connectivity index (χ2v) is 4.77. The van der Waals surface area contributed by atoms with Gasteiger partial charge >= 0.3 is 0 Å². The molecule has 4 heteroatoms. The number of benzene rings is 2. The molecule has 110 valence electrons. The quantitative estimate of drug-likeness (QED) is 0.632. The lowest BCUT2D eigenvalue weighted by molar-refractivity contribution is 0.303. The van der Waals surface area contributed by atoms with E-state index in [1.165, 1.54) is 5.56 Å². The fourth-order valence-corrected chi connectivity index (χ4v) is 1.97. The minimum atomic E-state index is -0.00829. The molecular formula is C17H20N2O2. The van der Waals surface area contributed by atoms with Crippen molar-refractivity contribution < 1.29 is 9.47 Å². The van der Waals surface area contributed by atoms with Gasteiger partial charge in [-0.2, -0.15) is 0 Å². The predicted octanol–water partition coefficient (Wildman–Crippen LogP) is 3.12. The molecule has 0 bridgehead atoms. The Bertz CT molecular complexity index is 621. The number of amidine groups is 1. The SMILES string of the molecule is CCc1ccc(COc2cc(OC)cc(C(=N)N)c2)cc1. The van der Waals surface area contributed by atoms with Crippen LogP contribution >= 0.6 is 0 Å². The first kappa shape index (κ1) is 14.9. The normalized spacial score (nSPS) is 10.2. The molecule has 0 unspecified atom stereocenters. The monoisotopic (exact) mass is 284 g/mol. The Balaban J connectivity index is 2.11. The summed E-state index contributed by atoms with van der Waals surface area (Å²) in [5, 5.41) is 7.51. The Labute approximate surface area is 125 Å². The molecule has 3 N–H and O–H groups in total. The van der Waals surface area contributed by atoms with E-state index >= 15 is 0 Å². The highest BCUT2D eigenvalue weighted by Gasteiger charge is 2.05. The van der Waals surface area contributed by atoms with Crippen LogP contribution in [0.25, 0.3) is 0 Å². The molecule has 2 rings (SSSR count). The topological polar surface area (TPSA) is 68.3 Å². The third-order valence-corrected chi connectivity index (χ3v) is 3.26. The Morgan fingerprint density at radius 3 is 2.24 bits per heavy atom.